The molecule has 2 aliphatic heterocycles. The lowest BCUT2D eigenvalue weighted by Crippen LogP contribution is -2.16. The maximum absolute atomic E-state index is 2.30. The normalized spacial score (nSPS) is 17.5. The average molecular weight is 469 g/mol. The molecule has 0 unspecified atom stereocenters. The van der Waals surface area contributed by atoms with Gasteiger partial charge in [-0.25, -0.2) is 0 Å². The van der Waals surface area contributed by atoms with Crippen molar-refractivity contribution in [2.24, 2.45) is 0 Å². The summed E-state index contributed by atoms with van der Waals surface area (Å²) >= 11 is 9.59. The van der Waals surface area contributed by atoms with Crippen LogP contribution >= 0.6 is 58.8 Å². The second-order valence-corrected chi connectivity index (χ2v) is 13.3. The highest BCUT2D eigenvalue weighted by atomic mass is 32.2. The largest absolute Gasteiger partial charge is 0.122 e. The molecule has 0 fully saturated rings. The minimum Gasteiger partial charge on any atom is -0.122 e. The Morgan fingerprint density at radius 3 is 1.31 bits per heavy atom. The first kappa shape index (κ1) is 20.1. The summed E-state index contributed by atoms with van der Waals surface area (Å²) < 4.78 is 4.25. The molecule has 0 aliphatic carbocycles. The van der Waals surface area contributed by atoms with Crippen molar-refractivity contribution >= 4 is 88.8 Å². The van der Waals surface area contributed by atoms with Crippen LogP contribution in [0.2, 0.25) is 0 Å². The summed E-state index contributed by atoms with van der Waals surface area (Å²) in [5.41, 5.74) is 0. The highest BCUT2D eigenvalue weighted by Crippen LogP contribution is 2.53. The fourth-order valence-corrected chi connectivity index (χ4v) is 10.2. The summed E-state index contributed by atoms with van der Waals surface area (Å²) in [7, 11) is 0. The van der Waals surface area contributed by atoms with Gasteiger partial charge in [-0.3, -0.25) is 0 Å². The molecule has 0 saturated carbocycles. The number of hydrogen-bond donors (Lipinski definition) is 0. The van der Waals surface area contributed by atoms with Crippen molar-refractivity contribution in [2.45, 2.75) is 20.8 Å². The molecule has 0 saturated heterocycles. The third-order valence-electron chi connectivity index (χ3n) is 5.23. The number of hydrogen-bond acceptors (Lipinski definition) is 5. The topological polar surface area (TPSA) is 0 Å². The molecule has 0 atom stereocenters. The molecule has 0 radical (unpaired) electrons. The third kappa shape index (κ3) is 3.39. The van der Waals surface area contributed by atoms with E-state index in [1.807, 2.05) is 58.8 Å². The molecular weight excluding hydrogens is 449 g/mol. The first-order valence-corrected chi connectivity index (χ1v) is 13.9. The van der Waals surface area contributed by atoms with E-state index in [1.54, 1.807) is 0 Å². The van der Waals surface area contributed by atoms with E-state index in [1.165, 1.54) is 59.4 Å². The van der Waals surface area contributed by atoms with Crippen LogP contribution in [0.4, 0.5) is 0 Å². The molecule has 2 heterocycles. The zero-order valence-corrected chi connectivity index (χ0v) is 20.7. The Morgan fingerprint density at radius 1 is 0.552 bits per heavy atom. The van der Waals surface area contributed by atoms with E-state index in [0.717, 1.165) is 0 Å². The fraction of sp³-hybridized carbons (Fsp3) is 0.167. The van der Waals surface area contributed by atoms with Crippen molar-refractivity contribution in [1.82, 2.24) is 0 Å². The van der Waals surface area contributed by atoms with Crippen molar-refractivity contribution in [1.29, 1.82) is 0 Å². The molecule has 0 nitrogen and oxygen atoms in total. The molecule has 0 bridgehead atoms. The predicted molar refractivity (Wildman–Crippen MR) is 142 cm³/mol. The van der Waals surface area contributed by atoms with Gasteiger partial charge < -0.3 is 0 Å². The molecule has 0 aromatic heterocycles. The van der Waals surface area contributed by atoms with Crippen LogP contribution in [0.25, 0.3) is 30.0 Å². The molecule has 0 spiro atoms. The van der Waals surface area contributed by atoms with E-state index in [-0.39, 0.29) is 0 Å². The van der Waals surface area contributed by atoms with Gasteiger partial charge in [-0.1, -0.05) is 95.6 Å². The molecule has 3 aromatic carbocycles. The second kappa shape index (κ2) is 8.01. The number of benzene rings is 3. The predicted octanol–water partition coefficient (Wildman–Crippen LogP) is 7.89. The quantitative estimate of drug-likeness (QED) is 0.332. The van der Waals surface area contributed by atoms with Crippen LogP contribution in [0.3, 0.4) is 0 Å². The van der Waals surface area contributed by atoms with Gasteiger partial charge in [0.2, 0.25) is 0 Å². The van der Waals surface area contributed by atoms with Crippen molar-refractivity contribution < 1.29 is 0 Å². The van der Waals surface area contributed by atoms with Gasteiger partial charge in [0.05, 0.1) is 12.7 Å². The molecule has 3 aromatic rings. The minimum absolute atomic E-state index is 1.36. The monoisotopic (exact) mass is 468 g/mol. The van der Waals surface area contributed by atoms with Crippen molar-refractivity contribution in [2.75, 3.05) is 6.26 Å². The molecule has 2 aliphatic rings. The highest BCUT2D eigenvalue weighted by Gasteiger charge is 2.22. The average Bonchev–Trinajstić information content (AvgIpc) is 3.27. The van der Waals surface area contributed by atoms with Crippen molar-refractivity contribution in [3.63, 3.8) is 0 Å². The number of fused-ring (bicyclic) bond motifs is 2. The van der Waals surface area contributed by atoms with Gasteiger partial charge in [0.25, 0.3) is 0 Å². The van der Waals surface area contributed by atoms with Crippen LogP contribution < -0.4 is 10.4 Å². The zero-order chi connectivity index (χ0) is 20.1. The maximum Gasteiger partial charge on any atom is 0.0586 e. The molecule has 0 amide bonds. The Balaban J connectivity index is 1.97. The Hall–Kier alpha value is -0.850. The van der Waals surface area contributed by atoms with E-state index in [4.69, 9.17) is 0 Å². The van der Waals surface area contributed by atoms with Crippen LogP contribution in [-0.4, -0.2) is 6.26 Å². The standard InChI is InChI=1S/C24H20S5/c1-13-14(2)27-23(26-13)20-16-9-5-7-11-18(16)21(19-12-8-6-10-17(19)20)24-28-15(3)22(25-4)29-24/h5-12H,1-4H3. The van der Waals surface area contributed by atoms with E-state index in [2.05, 4.69) is 75.6 Å². The lowest BCUT2D eigenvalue weighted by Gasteiger charge is -2.11. The highest BCUT2D eigenvalue weighted by molar-refractivity contribution is 8.41. The van der Waals surface area contributed by atoms with Crippen LogP contribution in [0.15, 0.2) is 67.5 Å². The molecular formula is C24H20S5. The van der Waals surface area contributed by atoms with Gasteiger partial charge in [-0.05, 0) is 58.4 Å². The smallest absolute Gasteiger partial charge is 0.0586 e. The Bertz CT molecular complexity index is 1280. The van der Waals surface area contributed by atoms with Gasteiger partial charge in [0, 0.05) is 15.3 Å². The fourth-order valence-electron chi connectivity index (χ4n) is 3.76. The molecule has 146 valence electrons. The van der Waals surface area contributed by atoms with E-state index in [9.17, 15) is 0 Å². The van der Waals surface area contributed by atoms with Gasteiger partial charge in [0.1, 0.15) is 0 Å². The van der Waals surface area contributed by atoms with Gasteiger partial charge >= 0.3 is 0 Å². The lowest BCUT2D eigenvalue weighted by molar-refractivity contribution is 1.57. The zero-order valence-electron chi connectivity index (χ0n) is 16.7. The SMILES string of the molecule is CSC1=C(C)SC(=c2c3ccccc3c(=C3SC(C)=C(C)S3)c3ccccc23)S1. The molecule has 29 heavy (non-hydrogen) atoms. The van der Waals surface area contributed by atoms with Crippen LogP contribution in [0, 0.1) is 0 Å². The van der Waals surface area contributed by atoms with E-state index < -0.39 is 0 Å². The first-order chi connectivity index (χ1) is 14.1. The van der Waals surface area contributed by atoms with Gasteiger partial charge in [-0.2, -0.15) is 0 Å². The number of thioether (sulfide) groups is 5. The summed E-state index contributed by atoms with van der Waals surface area (Å²) in [6, 6.07) is 17.9. The Morgan fingerprint density at radius 2 is 0.931 bits per heavy atom. The van der Waals surface area contributed by atoms with Crippen LogP contribution in [0.5, 0.6) is 0 Å². The summed E-state index contributed by atoms with van der Waals surface area (Å²) in [6.45, 7) is 6.71. The van der Waals surface area contributed by atoms with Crippen molar-refractivity contribution in [3.8, 4) is 0 Å². The lowest BCUT2D eigenvalue weighted by atomic mass is 9.99. The third-order valence-corrected chi connectivity index (χ3v) is 11.8. The second-order valence-electron chi connectivity index (χ2n) is 6.98. The van der Waals surface area contributed by atoms with E-state index in [0.29, 0.717) is 0 Å². The van der Waals surface area contributed by atoms with E-state index >= 15 is 0 Å². The summed E-state index contributed by atoms with van der Waals surface area (Å²) in [5.74, 6) is 0. The van der Waals surface area contributed by atoms with Gasteiger partial charge in [-0.15, -0.1) is 11.8 Å². The Labute approximate surface area is 192 Å². The molecule has 5 heteroatoms. The minimum atomic E-state index is 1.36. The Kier molecular flexibility index (Phi) is 5.54. The molecule has 0 N–H and O–H groups in total. The number of rotatable bonds is 1. The summed E-state index contributed by atoms with van der Waals surface area (Å²) in [4.78, 5) is 4.26. The number of allylic oxidation sites excluding steroid dienone is 3. The summed E-state index contributed by atoms with van der Waals surface area (Å²) in [5, 5.41) is 8.25. The summed E-state index contributed by atoms with van der Waals surface area (Å²) in [6.07, 6.45) is 2.18. The van der Waals surface area contributed by atoms with Crippen LogP contribution in [0.1, 0.15) is 20.8 Å². The van der Waals surface area contributed by atoms with Gasteiger partial charge in [0.15, 0.2) is 0 Å². The maximum atomic E-state index is 2.30. The first-order valence-electron chi connectivity index (χ1n) is 9.40. The molecule has 5 rings (SSSR count). The van der Waals surface area contributed by atoms with Crippen LogP contribution in [-0.2, 0) is 0 Å². The van der Waals surface area contributed by atoms with Crippen molar-refractivity contribution in [3.05, 3.63) is 77.9 Å².